The van der Waals surface area contributed by atoms with Crippen LogP contribution in [-0.4, -0.2) is 34.6 Å². The van der Waals surface area contributed by atoms with Crippen LogP contribution in [0.4, 0.5) is 5.82 Å². The van der Waals surface area contributed by atoms with Gasteiger partial charge in [0.15, 0.2) is 5.82 Å². The zero-order chi connectivity index (χ0) is 19.9. The first kappa shape index (κ1) is 20.6. The van der Waals surface area contributed by atoms with Gasteiger partial charge in [-0.3, -0.25) is 4.98 Å². The fourth-order valence-electron chi connectivity index (χ4n) is 3.05. The Morgan fingerprint density at radius 2 is 2.04 bits per heavy atom. The molecule has 0 amide bonds. The molecular formula is C23H28N3OP. The molecule has 1 aliphatic carbocycles. The molecule has 0 aromatic carbocycles. The Morgan fingerprint density at radius 3 is 2.75 bits per heavy atom. The summed E-state index contributed by atoms with van der Waals surface area (Å²) >= 11 is 0. The SMILES string of the molecule is CCP(C)C1=CC(/C(C)=N/c2ncccc2C)=CC(OCc2ccncc2)C1. The molecular weight excluding hydrogens is 365 g/mol. The van der Waals surface area contributed by atoms with Gasteiger partial charge in [-0.2, -0.15) is 0 Å². The van der Waals surface area contributed by atoms with Crippen LogP contribution in [-0.2, 0) is 11.3 Å². The van der Waals surface area contributed by atoms with Crippen molar-refractivity contribution in [2.24, 2.45) is 4.99 Å². The van der Waals surface area contributed by atoms with E-state index in [-0.39, 0.29) is 14.0 Å². The van der Waals surface area contributed by atoms with E-state index in [0.29, 0.717) is 6.61 Å². The normalized spacial score (nSPS) is 18.4. The number of rotatable bonds is 7. The molecule has 2 atom stereocenters. The average molecular weight is 393 g/mol. The molecule has 0 spiro atoms. The summed E-state index contributed by atoms with van der Waals surface area (Å²) in [5, 5.41) is 1.49. The summed E-state index contributed by atoms with van der Waals surface area (Å²) < 4.78 is 6.24. The molecule has 2 aromatic heterocycles. The molecule has 146 valence electrons. The second-order valence-corrected chi connectivity index (χ2v) is 9.62. The number of ether oxygens (including phenoxy) is 1. The Labute approximate surface area is 169 Å². The number of aliphatic imine (C=N–C) groups is 1. The van der Waals surface area contributed by atoms with Gasteiger partial charge < -0.3 is 4.74 Å². The van der Waals surface area contributed by atoms with Gasteiger partial charge in [0, 0.05) is 30.7 Å². The third-order valence-corrected chi connectivity index (χ3v) is 7.19. The van der Waals surface area contributed by atoms with Crippen LogP contribution in [0.1, 0.15) is 31.4 Å². The van der Waals surface area contributed by atoms with E-state index in [1.165, 1.54) is 11.5 Å². The fourth-order valence-corrected chi connectivity index (χ4v) is 4.31. The summed E-state index contributed by atoms with van der Waals surface area (Å²) in [5.41, 5.74) is 4.36. The third kappa shape index (κ3) is 5.43. The Morgan fingerprint density at radius 1 is 1.25 bits per heavy atom. The standard InChI is InChI=1S/C23H28N3OP/c1-5-28(4)22-14-20(18(3)26-23-17(2)7-6-10-25-23)13-21(15-22)27-16-19-8-11-24-12-9-19/h6-14,21H,5,15-16H2,1-4H3/b26-18+. The fraction of sp³-hybridized carbons (Fsp3) is 0.348. The lowest BCUT2D eigenvalue weighted by Crippen LogP contribution is -2.17. The van der Waals surface area contributed by atoms with Crippen molar-refractivity contribution in [2.75, 3.05) is 12.8 Å². The highest BCUT2D eigenvalue weighted by molar-refractivity contribution is 7.61. The first-order valence-electron chi connectivity index (χ1n) is 9.68. The number of nitrogens with zero attached hydrogens (tertiary/aromatic N) is 3. The molecule has 2 unspecified atom stereocenters. The topological polar surface area (TPSA) is 47.4 Å². The molecule has 0 bridgehead atoms. The predicted octanol–water partition coefficient (Wildman–Crippen LogP) is 5.81. The Kier molecular flexibility index (Phi) is 7.24. The molecule has 0 saturated carbocycles. The van der Waals surface area contributed by atoms with Crippen molar-refractivity contribution in [3.8, 4) is 0 Å². The van der Waals surface area contributed by atoms with Crippen molar-refractivity contribution in [3.63, 3.8) is 0 Å². The minimum Gasteiger partial charge on any atom is -0.369 e. The van der Waals surface area contributed by atoms with Crippen LogP contribution < -0.4 is 0 Å². The maximum absolute atomic E-state index is 6.24. The molecule has 1 aliphatic rings. The Hall–Kier alpha value is -2.16. The minimum atomic E-state index is -0.145. The lowest BCUT2D eigenvalue weighted by Gasteiger charge is -2.25. The van der Waals surface area contributed by atoms with Gasteiger partial charge in [-0.1, -0.05) is 20.9 Å². The van der Waals surface area contributed by atoms with Gasteiger partial charge in [-0.05, 0) is 79.0 Å². The highest BCUT2D eigenvalue weighted by atomic mass is 31.1. The number of hydrogen-bond donors (Lipinski definition) is 0. The second-order valence-electron chi connectivity index (χ2n) is 7.02. The third-order valence-electron chi connectivity index (χ3n) is 4.95. The lowest BCUT2D eigenvalue weighted by atomic mass is 10.0. The Balaban J connectivity index is 1.83. The molecule has 2 aromatic rings. The van der Waals surface area contributed by atoms with E-state index in [4.69, 9.17) is 9.73 Å². The quantitative estimate of drug-likeness (QED) is 0.441. The van der Waals surface area contributed by atoms with E-state index < -0.39 is 0 Å². The summed E-state index contributed by atoms with van der Waals surface area (Å²) in [6.07, 6.45) is 12.1. The summed E-state index contributed by atoms with van der Waals surface area (Å²) in [6.45, 7) is 9.30. The van der Waals surface area contributed by atoms with E-state index >= 15 is 0 Å². The van der Waals surface area contributed by atoms with Gasteiger partial charge in [-0.25, -0.2) is 9.98 Å². The summed E-state index contributed by atoms with van der Waals surface area (Å²) in [7, 11) is -0.145. The molecule has 0 radical (unpaired) electrons. The second kappa shape index (κ2) is 9.86. The molecule has 0 aliphatic heterocycles. The molecule has 0 saturated heterocycles. The van der Waals surface area contributed by atoms with Gasteiger partial charge in [0.25, 0.3) is 0 Å². The highest BCUT2D eigenvalue weighted by Crippen LogP contribution is 2.45. The molecule has 0 fully saturated rings. The number of aryl methyl sites for hydroxylation is 1. The molecule has 4 nitrogen and oxygen atoms in total. The van der Waals surface area contributed by atoms with Gasteiger partial charge >= 0.3 is 0 Å². The van der Waals surface area contributed by atoms with Gasteiger partial charge in [0.1, 0.15) is 0 Å². The molecule has 3 rings (SSSR count). The Bertz CT molecular complexity index is 890. The van der Waals surface area contributed by atoms with Crippen molar-refractivity contribution >= 4 is 19.5 Å². The number of allylic oxidation sites excluding steroid dienone is 2. The zero-order valence-electron chi connectivity index (χ0n) is 17.1. The first-order chi connectivity index (χ1) is 13.6. The van der Waals surface area contributed by atoms with Gasteiger partial charge in [-0.15, -0.1) is 0 Å². The van der Waals surface area contributed by atoms with Crippen LogP contribution in [0.3, 0.4) is 0 Å². The van der Waals surface area contributed by atoms with E-state index in [1.54, 1.807) is 18.6 Å². The average Bonchev–Trinajstić information content (AvgIpc) is 2.73. The molecule has 28 heavy (non-hydrogen) atoms. The number of pyridine rings is 2. The largest absolute Gasteiger partial charge is 0.369 e. The summed E-state index contributed by atoms with van der Waals surface area (Å²) in [6, 6.07) is 7.98. The molecule has 5 heteroatoms. The first-order valence-corrected chi connectivity index (χ1v) is 11.7. The van der Waals surface area contributed by atoms with Gasteiger partial charge in [0.2, 0.25) is 0 Å². The summed E-state index contributed by atoms with van der Waals surface area (Å²) in [4.78, 5) is 13.3. The van der Waals surface area contributed by atoms with Crippen LogP contribution in [0, 0.1) is 6.92 Å². The van der Waals surface area contributed by atoms with Crippen molar-refractivity contribution in [1.82, 2.24) is 9.97 Å². The lowest BCUT2D eigenvalue weighted by molar-refractivity contribution is 0.0723. The maximum atomic E-state index is 6.24. The van der Waals surface area contributed by atoms with E-state index in [1.807, 2.05) is 31.2 Å². The monoisotopic (exact) mass is 393 g/mol. The zero-order valence-corrected chi connectivity index (χ0v) is 18.0. The van der Waals surface area contributed by atoms with Crippen LogP contribution in [0.15, 0.2) is 70.9 Å². The van der Waals surface area contributed by atoms with Crippen LogP contribution >= 0.6 is 7.92 Å². The van der Waals surface area contributed by atoms with Gasteiger partial charge in [0.05, 0.1) is 12.7 Å². The van der Waals surface area contributed by atoms with Crippen LogP contribution in [0.25, 0.3) is 0 Å². The molecule has 0 N–H and O–H groups in total. The van der Waals surface area contributed by atoms with Crippen molar-refractivity contribution in [3.05, 3.63) is 77.0 Å². The number of hydrogen-bond acceptors (Lipinski definition) is 4. The van der Waals surface area contributed by atoms with Crippen LogP contribution in [0.2, 0.25) is 0 Å². The van der Waals surface area contributed by atoms with E-state index in [0.717, 1.165) is 34.7 Å². The smallest absolute Gasteiger partial charge is 0.154 e. The van der Waals surface area contributed by atoms with Crippen molar-refractivity contribution in [2.45, 2.75) is 39.9 Å². The van der Waals surface area contributed by atoms with Crippen LogP contribution in [0.5, 0.6) is 0 Å². The highest BCUT2D eigenvalue weighted by Gasteiger charge is 2.20. The van der Waals surface area contributed by atoms with Crippen molar-refractivity contribution < 1.29 is 4.74 Å². The number of aromatic nitrogens is 2. The maximum Gasteiger partial charge on any atom is 0.154 e. The molecule has 2 heterocycles. The van der Waals surface area contributed by atoms with E-state index in [9.17, 15) is 0 Å². The van der Waals surface area contributed by atoms with E-state index in [2.05, 4.69) is 42.6 Å². The summed E-state index contributed by atoms with van der Waals surface area (Å²) in [5.74, 6) is 0.782. The minimum absolute atomic E-state index is 0.0645. The van der Waals surface area contributed by atoms with Crippen molar-refractivity contribution in [1.29, 1.82) is 0 Å². The predicted molar refractivity (Wildman–Crippen MR) is 119 cm³/mol.